The van der Waals surface area contributed by atoms with Crippen molar-refractivity contribution in [2.75, 3.05) is 26.7 Å². The summed E-state index contributed by atoms with van der Waals surface area (Å²) in [6, 6.07) is 6.43. The highest BCUT2D eigenvalue weighted by Crippen LogP contribution is 2.30. The van der Waals surface area contributed by atoms with Gasteiger partial charge < -0.3 is 16.0 Å². The SMILES string of the molecule is CC(C)(C)c1cc(-c2ccc(Cl)c(F)c2)nn2cc(C=O)nc12.CN1CCN(C(=O)/C(N)=C/C=N)CC1(C)C. The molecule has 208 valence electrons. The van der Waals surface area contributed by atoms with E-state index in [-0.39, 0.29) is 27.6 Å². The highest BCUT2D eigenvalue weighted by atomic mass is 35.5. The number of aromatic nitrogens is 3. The highest BCUT2D eigenvalue weighted by molar-refractivity contribution is 6.30. The van der Waals surface area contributed by atoms with Crippen molar-refractivity contribution in [2.45, 2.75) is 45.6 Å². The third-order valence-electron chi connectivity index (χ3n) is 6.70. The molecule has 1 fully saturated rings. The summed E-state index contributed by atoms with van der Waals surface area (Å²) in [5, 5.41) is 11.4. The van der Waals surface area contributed by atoms with Gasteiger partial charge in [0.2, 0.25) is 0 Å². The first-order valence-corrected chi connectivity index (χ1v) is 12.8. The first-order valence-electron chi connectivity index (χ1n) is 12.5. The Morgan fingerprint density at radius 3 is 2.49 bits per heavy atom. The fourth-order valence-corrected chi connectivity index (χ4v) is 4.27. The molecule has 0 bridgehead atoms. The summed E-state index contributed by atoms with van der Waals surface area (Å²) >= 11 is 5.74. The van der Waals surface area contributed by atoms with Crippen LogP contribution < -0.4 is 5.73 Å². The molecule has 1 aliphatic rings. The van der Waals surface area contributed by atoms with Gasteiger partial charge in [0.1, 0.15) is 11.5 Å². The van der Waals surface area contributed by atoms with Crippen molar-refractivity contribution in [3.8, 4) is 11.3 Å². The van der Waals surface area contributed by atoms with E-state index in [1.54, 1.807) is 21.7 Å². The minimum Gasteiger partial charge on any atom is -0.394 e. The van der Waals surface area contributed by atoms with Gasteiger partial charge in [-0.05, 0) is 50.6 Å². The van der Waals surface area contributed by atoms with Crippen LogP contribution in [0.1, 0.15) is 50.7 Å². The number of likely N-dealkylation sites (N-methyl/N-ethyl adjacent to an activating group) is 1. The van der Waals surface area contributed by atoms with Gasteiger partial charge in [-0.1, -0.05) is 38.4 Å². The van der Waals surface area contributed by atoms with Crippen molar-refractivity contribution in [1.82, 2.24) is 24.4 Å². The molecule has 1 amide bonds. The van der Waals surface area contributed by atoms with Gasteiger partial charge >= 0.3 is 0 Å². The Bertz CT molecular complexity index is 1430. The Hall–Kier alpha value is -3.63. The van der Waals surface area contributed by atoms with Crippen LogP contribution in [-0.4, -0.2) is 75.0 Å². The molecule has 1 aliphatic heterocycles. The number of hydrogen-bond acceptors (Lipinski definition) is 7. The fourth-order valence-electron chi connectivity index (χ4n) is 4.16. The van der Waals surface area contributed by atoms with E-state index in [1.165, 1.54) is 18.2 Å². The predicted molar refractivity (Wildman–Crippen MR) is 152 cm³/mol. The number of carbonyl (C=O) groups is 2. The van der Waals surface area contributed by atoms with Crippen LogP contribution in [0.4, 0.5) is 4.39 Å². The maximum Gasteiger partial charge on any atom is 0.269 e. The second kappa shape index (κ2) is 11.6. The Labute approximate surface area is 233 Å². The van der Waals surface area contributed by atoms with E-state index < -0.39 is 5.82 Å². The zero-order valence-corrected chi connectivity index (χ0v) is 23.9. The molecule has 0 saturated carbocycles. The predicted octanol–water partition coefficient (Wildman–Crippen LogP) is 4.33. The number of benzene rings is 1. The molecule has 9 nitrogen and oxygen atoms in total. The summed E-state index contributed by atoms with van der Waals surface area (Å²) in [7, 11) is 2.05. The Morgan fingerprint density at radius 2 is 1.92 bits per heavy atom. The van der Waals surface area contributed by atoms with Gasteiger partial charge in [0.05, 0.1) is 22.6 Å². The van der Waals surface area contributed by atoms with E-state index in [0.717, 1.165) is 18.3 Å². The van der Waals surface area contributed by atoms with E-state index in [0.29, 0.717) is 42.0 Å². The lowest BCUT2D eigenvalue weighted by molar-refractivity contribution is -0.131. The minimum atomic E-state index is -0.498. The first-order chi connectivity index (χ1) is 18.2. The van der Waals surface area contributed by atoms with Crippen LogP contribution in [0.5, 0.6) is 0 Å². The number of aldehydes is 1. The van der Waals surface area contributed by atoms with Crippen LogP contribution in [0.2, 0.25) is 5.02 Å². The highest BCUT2D eigenvalue weighted by Gasteiger charge is 2.33. The van der Waals surface area contributed by atoms with E-state index in [1.807, 2.05) is 26.8 Å². The molecule has 1 aromatic carbocycles. The molecule has 0 atom stereocenters. The van der Waals surface area contributed by atoms with E-state index >= 15 is 0 Å². The summed E-state index contributed by atoms with van der Waals surface area (Å²) in [6.45, 7) is 12.5. The summed E-state index contributed by atoms with van der Waals surface area (Å²) in [4.78, 5) is 31.2. The lowest BCUT2D eigenvalue weighted by Gasteiger charge is -2.45. The number of halogens is 2. The number of nitrogens with zero attached hydrogens (tertiary/aromatic N) is 5. The lowest BCUT2D eigenvalue weighted by Crippen LogP contribution is -2.59. The topological polar surface area (TPSA) is 121 Å². The van der Waals surface area contributed by atoms with Crippen molar-refractivity contribution >= 4 is 35.7 Å². The quantitative estimate of drug-likeness (QED) is 0.281. The van der Waals surface area contributed by atoms with Gasteiger partial charge in [-0.2, -0.15) is 5.10 Å². The monoisotopic (exact) mass is 555 g/mol. The van der Waals surface area contributed by atoms with Crippen LogP contribution in [0.3, 0.4) is 0 Å². The summed E-state index contributed by atoms with van der Waals surface area (Å²) in [5.41, 5.74) is 8.53. The third kappa shape index (κ3) is 6.88. The number of imidazole rings is 1. The number of nitrogens with two attached hydrogens (primary N) is 1. The van der Waals surface area contributed by atoms with Crippen LogP contribution in [0.25, 0.3) is 16.9 Å². The van der Waals surface area contributed by atoms with Crippen LogP contribution in [0.15, 0.2) is 42.2 Å². The molecule has 4 rings (SSSR count). The van der Waals surface area contributed by atoms with Gasteiger partial charge in [0, 0.05) is 42.5 Å². The number of allylic oxidation sites excluding steroid dienone is 1. The zero-order valence-electron chi connectivity index (χ0n) is 23.1. The number of nitrogens with one attached hydrogen (secondary N) is 1. The van der Waals surface area contributed by atoms with Crippen molar-refractivity contribution in [3.05, 3.63) is 64.3 Å². The first kappa shape index (κ1) is 29.9. The van der Waals surface area contributed by atoms with Crippen molar-refractivity contribution in [3.63, 3.8) is 0 Å². The second-order valence-corrected chi connectivity index (χ2v) is 11.5. The van der Waals surface area contributed by atoms with E-state index in [9.17, 15) is 14.0 Å². The molecule has 3 N–H and O–H groups in total. The molecular formula is C28H35ClFN7O2. The second-order valence-electron chi connectivity index (χ2n) is 11.1. The number of piperazine rings is 1. The molecule has 1 saturated heterocycles. The lowest BCUT2D eigenvalue weighted by atomic mass is 9.87. The summed E-state index contributed by atoms with van der Waals surface area (Å²) in [5.74, 6) is -0.674. The van der Waals surface area contributed by atoms with Crippen LogP contribution in [-0.2, 0) is 10.2 Å². The fraction of sp³-hybridized carbons (Fsp3) is 0.393. The molecular weight excluding hydrogens is 521 g/mol. The van der Waals surface area contributed by atoms with Crippen LogP contribution in [0, 0.1) is 11.2 Å². The molecule has 0 spiro atoms. The van der Waals surface area contributed by atoms with Gasteiger partial charge in [0.15, 0.2) is 11.9 Å². The average molecular weight is 556 g/mol. The third-order valence-corrected chi connectivity index (χ3v) is 7.01. The molecule has 3 aromatic rings. The number of rotatable bonds is 4. The average Bonchev–Trinajstić information content (AvgIpc) is 3.29. The van der Waals surface area contributed by atoms with Gasteiger partial charge in [-0.3, -0.25) is 14.5 Å². The smallest absolute Gasteiger partial charge is 0.269 e. The Morgan fingerprint density at radius 1 is 1.23 bits per heavy atom. The molecule has 11 heteroatoms. The zero-order chi connectivity index (χ0) is 29.1. The van der Waals surface area contributed by atoms with Gasteiger partial charge in [0.25, 0.3) is 5.91 Å². The molecule has 2 aromatic heterocycles. The molecule has 0 unspecified atom stereocenters. The van der Waals surface area contributed by atoms with Crippen molar-refractivity contribution in [1.29, 1.82) is 5.41 Å². The molecule has 0 radical (unpaired) electrons. The number of hydrogen-bond donors (Lipinski definition) is 2. The molecule has 39 heavy (non-hydrogen) atoms. The maximum atomic E-state index is 13.7. The van der Waals surface area contributed by atoms with E-state index in [2.05, 4.69) is 35.9 Å². The Balaban J connectivity index is 0.000000231. The number of amides is 1. The normalized spacial score (nSPS) is 16.0. The van der Waals surface area contributed by atoms with Crippen molar-refractivity contribution in [2.24, 2.45) is 5.73 Å². The largest absolute Gasteiger partial charge is 0.394 e. The minimum absolute atomic E-state index is 0.0289. The van der Waals surface area contributed by atoms with Crippen LogP contribution >= 0.6 is 11.6 Å². The standard InChI is InChI=1S/C17H15ClFN3O.C11H20N4O/c1-17(2,3)12-7-15(10-4-5-13(18)14(19)6-10)21-22-8-11(9-23)20-16(12)22;1-11(2)8-15(7-6-14(11)3)10(16)9(13)4-5-12/h4-9H,1-3H3;4-5,12H,6-8,13H2,1-3H3/b;9-4-,12-5?. The maximum absolute atomic E-state index is 13.7. The van der Waals surface area contributed by atoms with Gasteiger partial charge in [-0.25, -0.2) is 13.9 Å². The summed E-state index contributed by atoms with van der Waals surface area (Å²) in [6.07, 6.45) is 4.61. The Kier molecular flexibility index (Phi) is 8.92. The van der Waals surface area contributed by atoms with E-state index in [4.69, 9.17) is 22.7 Å². The van der Waals surface area contributed by atoms with Gasteiger partial charge in [-0.15, -0.1) is 0 Å². The number of fused-ring (bicyclic) bond motifs is 1. The van der Waals surface area contributed by atoms with Crippen molar-refractivity contribution < 1.29 is 14.0 Å². The molecule has 0 aliphatic carbocycles. The number of carbonyl (C=O) groups excluding carboxylic acids is 2. The molecule has 3 heterocycles. The summed E-state index contributed by atoms with van der Waals surface area (Å²) < 4.78 is 15.3.